The van der Waals surface area contributed by atoms with Crippen LogP contribution in [-0.2, 0) is 4.79 Å². The van der Waals surface area contributed by atoms with Crippen LogP contribution in [0.5, 0.6) is 0 Å². The van der Waals surface area contributed by atoms with Gasteiger partial charge in [0, 0.05) is 24.7 Å². The van der Waals surface area contributed by atoms with E-state index in [1.165, 1.54) is 18.1 Å². The van der Waals surface area contributed by atoms with Gasteiger partial charge in [-0.3, -0.25) is 4.79 Å². The van der Waals surface area contributed by atoms with E-state index in [4.69, 9.17) is 0 Å². The zero-order valence-electron chi connectivity index (χ0n) is 13.7. The van der Waals surface area contributed by atoms with Crippen molar-refractivity contribution in [2.45, 2.75) is 39.8 Å². The van der Waals surface area contributed by atoms with Crippen LogP contribution in [0, 0.1) is 6.92 Å². The largest absolute Gasteiger partial charge is 0.326 e. The van der Waals surface area contributed by atoms with Gasteiger partial charge in [-0.15, -0.1) is 0 Å². The summed E-state index contributed by atoms with van der Waals surface area (Å²) < 4.78 is 0. The van der Waals surface area contributed by atoms with Gasteiger partial charge in [0.25, 0.3) is 0 Å². The molecule has 0 radical (unpaired) electrons. The van der Waals surface area contributed by atoms with E-state index in [0.29, 0.717) is 0 Å². The lowest BCUT2D eigenvalue weighted by Gasteiger charge is -2.22. The number of carbonyl (C=O) groups excluding carboxylic acids is 1. The lowest BCUT2D eigenvalue weighted by atomic mass is 10.0. The van der Waals surface area contributed by atoms with Crippen molar-refractivity contribution in [2.75, 3.05) is 5.32 Å². The Bertz CT molecular complexity index is 651. The second-order valence-electron chi connectivity index (χ2n) is 5.77. The highest BCUT2D eigenvalue weighted by atomic mass is 16.1. The van der Waals surface area contributed by atoms with E-state index in [1.54, 1.807) is 0 Å². The minimum Gasteiger partial charge on any atom is -0.326 e. The van der Waals surface area contributed by atoms with Crippen molar-refractivity contribution in [1.82, 2.24) is 5.32 Å². The molecular weight excluding hydrogens is 272 g/mol. The Kier molecular flexibility index (Phi) is 5.34. The third-order valence-electron chi connectivity index (χ3n) is 3.86. The van der Waals surface area contributed by atoms with Crippen LogP contribution in [0.1, 0.15) is 49.5 Å². The van der Waals surface area contributed by atoms with Crippen LogP contribution in [0.4, 0.5) is 5.69 Å². The Hall–Kier alpha value is -2.13. The van der Waals surface area contributed by atoms with Crippen LogP contribution in [-0.4, -0.2) is 5.91 Å². The molecule has 1 amide bonds. The molecule has 0 bridgehead atoms. The summed E-state index contributed by atoms with van der Waals surface area (Å²) >= 11 is 0. The lowest BCUT2D eigenvalue weighted by Crippen LogP contribution is -2.23. The highest BCUT2D eigenvalue weighted by Gasteiger charge is 2.13. The van der Waals surface area contributed by atoms with E-state index in [-0.39, 0.29) is 18.0 Å². The molecule has 0 aliphatic heterocycles. The third kappa shape index (κ3) is 4.18. The first-order chi connectivity index (χ1) is 10.5. The first-order valence-corrected chi connectivity index (χ1v) is 7.66. The number of anilines is 1. The topological polar surface area (TPSA) is 41.1 Å². The smallest absolute Gasteiger partial charge is 0.221 e. The average molecular weight is 296 g/mol. The summed E-state index contributed by atoms with van der Waals surface area (Å²) in [4.78, 5) is 11.2. The van der Waals surface area contributed by atoms with Gasteiger partial charge in [-0.05, 0) is 49.6 Å². The van der Waals surface area contributed by atoms with Gasteiger partial charge < -0.3 is 10.6 Å². The molecule has 22 heavy (non-hydrogen) atoms. The molecule has 2 aromatic carbocycles. The number of rotatable bonds is 5. The monoisotopic (exact) mass is 296 g/mol. The van der Waals surface area contributed by atoms with Gasteiger partial charge in [-0.25, -0.2) is 0 Å². The lowest BCUT2D eigenvalue weighted by molar-refractivity contribution is -0.114. The quantitative estimate of drug-likeness (QED) is 0.860. The maximum absolute atomic E-state index is 11.2. The van der Waals surface area contributed by atoms with Crippen molar-refractivity contribution in [3.8, 4) is 0 Å². The normalized spacial score (nSPS) is 13.5. The Morgan fingerprint density at radius 2 is 1.73 bits per heavy atom. The van der Waals surface area contributed by atoms with E-state index in [2.05, 4.69) is 61.7 Å². The van der Waals surface area contributed by atoms with Gasteiger partial charge in [0.15, 0.2) is 0 Å². The van der Waals surface area contributed by atoms with Gasteiger partial charge in [0.1, 0.15) is 0 Å². The van der Waals surface area contributed by atoms with Crippen LogP contribution in [0.25, 0.3) is 0 Å². The van der Waals surface area contributed by atoms with E-state index >= 15 is 0 Å². The van der Waals surface area contributed by atoms with Gasteiger partial charge in [0.05, 0.1) is 0 Å². The fraction of sp³-hybridized carbons (Fsp3) is 0.316. The predicted molar refractivity (Wildman–Crippen MR) is 91.9 cm³/mol. The molecule has 2 N–H and O–H groups in total. The molecule has 0 heterocycles. The fourth-order valence-corrected chi connectivity index (χ4v) is 2.72. The fourth-order valence-electron chi connectivity index (χ4n) is 2.72. The summed E-state index contributed by atoms with van der Waals surface area (Å²) in [7, 11) is 0. The molecule has 2 rings (SSSR count). The minimum atomic E-state index is -0.0500. The first-order valence-electron chi connectivity index (χ1n) is 7.66. The first kappa shape index (κ1) is 16.2. The van der Waals surface area contributed by atoms with Crippen molar-refractivity contribution in [3.63, 3.8) is 0 Å². The summed E-state index contributed by atoms with van der Waals surface area (Å²) in [5.74, 6) is -0.0500. The van der Waals surface area contributed by atoms with Crippen LogP contribution in [0.15, 0.2) is 48.5 Å². The second-order valence-corrected chi connectivity index (χ2v) is 5.77. The molecule has 0 aliphatic rings. The van der Waals surface area contributed by atoms with Crippen molar-refractivity contribution in [2.24, 2.45) is 0 Å². The summed E-state index contributed by atoms with van der Waals surface area (Å²) in [6.07, 6.45) is 0. The molecule has 0 fully saturated rings. The standard InChI is InChI=1S/C19H24N2O/c1-13-8-5-6-11-19(13)15(3)20-14(2)17-9-7-10-18(12-17)21-16(4)22/h5-12,14-15,20H,1-4H3,(H,21,22). The van der Waals surface area contributed by atoms with Crippen molar-refractivity contribution < 1.29 is 4.79 Å². The number of nitrogens with one attached hydrogen (secondary N) is 2. The van der Waals surface area contributed by atoms with Gasteiger partial charge in [0.2, 0.25) is 5.91 Å². The Morgan fingerprint density at radius 1 is 1.00 bits per heavy atom. The van der Waals surface area contributed by atoms with E-state index in [9.17, 15) is 4.79 Å². The number of amides is 1. The molecule has 0 spiro atoms. The van der Waals surface area contributed by atoms with Crippen molar-refractivity contribution in [1.29, 1.82) is 0 Å². The zero-order valence-corrected chi connectivity index (χ0v) is 13.7. The van der Waals surface area contributed by atoms with E-state index < -0.39 is 0 Å². The minimum absolute atomic E-state index is 0.0500. The molecular formula is C19H24N2O. The molecule has 2 atom stereocenters. The van der Waals surface area contributed by atoms with Crippen molar-refractivity contribution >= 4 is 11.6 Å². The molecule has 3 heteroatoms. The third-order valence-corrected chi connectivity index (χ3v) is 3.86. The number of benzene rings is 2. The second kappa shape index (κ2) is 7.23. The maximum Gasteiger partial charge on any atom is 0.221 e. The Morgan fingerprint density at radius 3 is 2.41 bits per heavy atom. The molecule has 2 aromatic rings. The van der Waals surface area contributed by atoms with Crippen LogP contribution >= 0.6 is 0 Å². The number of hydrogen-bond donors (Lipinski definition) is 2. The van der Waals surface area contributed by atoms with Crippen LogP contribution < -0.4 is 10.6 Å². The number of hydrogen-bond acceptors (Lipinski definition) is 2. The van der Waals surface area contributed by atoms with E-state index in [0.717, 1.165) is 11.3 Å². The Labute approximate surface area is 132 Å². The molecule has 0 aliphatic carbocycles. The van der Waals surface area contributed by atoms with Gasteiger partial charge in [-0.2, -0.15) is 0 Å². The predicted octanol–water partition coefficient (Wildman–Crippen LogP) is 4.37. The number of carbonyl (C=O) groups is 1. The SMILES string of the molecule is CC(=O)Nc1cccc(C(C)NC(C)c2ccccc2C)c1. The van der Waals surface area contributed by atoms with Crippen LogP contribution in [0.3, 0.4) is 0 Å². The van der Waals surface area contributed by atoms with Crippen LogP contribution in [0.2, 0.25) is 0 Å². The molecule has 0 saturated heterocycles. The maximum atomic E-state index is 11.2. The molecule has 0 saturated carbocycles. The van der Waals surface area contributed by atoms with Gasteiger partial charge >= 0.3 is 0 Å². The summed E-state index contributed by atoms with van der Waals surface area (Å²) in [6.45, 7) is 7.97. The van der Waals surface area contributed by atoms with Gasteiger partial charge in [-0.1, -0.05) is 36.4 Å². The molecule has 116 valence electrons. The summed E-state index contributed by atoms with van der Waals surface area (Å²) in [5, 5.41) is 6.45. The zero-order chi connectivity index (χ0) is 16.1. The number of aryl methyl sites for hydroxylation is 1. The average Bonchev–Trinajstić information content (AvgIpc) is 2.47. The summed E-state index contributed by atoms with van der Waals surface area (Å²) in [5.41, 5.74) is 4.60. The van der Waals surface area contributed by atoms with E-state index in [1.807, 2.05) is 18.2 Å². The summed E-state index contributed by atoms with van der Waals surface area (Å²) in [6, 6.07) is 16.9. The Balaban J connectivity index is 2.10. The highest BCUT2D eigenvalue weighted by molar-refractivity contribution is 5.88. The highest BCUT2D eigenvalue weighted by Crippen LogP contribution is 2.23. The molecule has 2 unspecified atom stereocenters. The molecule has 3 nitrogen and oxygen atoms in total. The van der Waals surface area contributed by atoms with Crippen molar-refractivity contribution in [3.05, 3.63) is 65.2 Å². The molecule has 0 aromatic heterocycles.